The molecule has 3 atom stereocenters. The minimum absolute atomic E-state index is 0.513. The van der Waals surface area contributed by atoms with Crippen LogP contribution in [-0.2, 0) is 4.74 Å². The molecule has 2 nitrogen and oxygen atoms in total. The molecule has 1 heterocycles. The molecule has 0 aromatic carbocycles. The predicted octanol–water partition coefficient (Wildman–Crippen LogP) is 2.97. The maximum atomic E-state index is 5.82. The molecule has 0 amide bonds. The summed E-state index contributed by atoms with van der Waals surface area (Å²) in [6.07, 6.45) is 10.2. The minimum Gasteiger partial charge on any atom is -0.378 e. The molecule has 2 rings (SSSR count). The van der Waals surface area contributed by atoms with Crippen LogP contribution < -0.4 is 5.32 Å². The van der Waals surface area contributed by atoms with Gasteiger partial charge in [0.05, 0.1) is 6.10 Å². The second-order valence-electron chi connectivity index (χ2n) is 5.55. The zero-order valence-corrected chi connectivity index (χ0v) is 10.9. The quantitative estimate of drug-likeness (QED) is 0.776. The van der Waals surface area contributed by atoms with E-state index in [0.29, 0.717) is 12.1 Å². The van der Waals surface area contributed by atoms with Gasteiger partial charge < -0.3 is 10.1 Å². The van der Waals surface area contributed by atoms with Gasteiger partial charge in [-0.25, -0.2) is 0 Å². The molecule has 0 radical (unpaired) electrons. The van der Waals surface area contributed by atoms with E-state index in [4.69, 9.17) is 4.74 Å². The van der Waals surface area contributed by atoms with Crippen LogP contribution in [0, 0.1) is 11.8 Å². The fourth-order valence-corrected chi connectivity index (χ4v) is 3.66. The van der Waals surface area contributed by atoms with Crippen LogP contribution >= 0.6 is 0 Å². The van der Waals surface area contributed by atoms with Crippen molar-refractivity contribution in [1.29, 1.82) is 0 Å². The summed E-state index contributed by atoms with van der Waals surface area (Å²) >= 11 is 0. The zero-order valence-electron chi connectivity index (χ0n) is 10.9. The van der Waals surface area contributed by atoms with E-state index >= 15 is 0 Å². The molecular formula is C14H27NO. The average molecular weight is 225 g/mol. The van der Waals surface area contributed by atoms with Crippen LogP contribution in [0.4, 0.5) is 0 Å². The highest BCUT2D eigenvalue weighted by Gasteiger charge is 2.34. The maximum Gasteiger partial charge on any atom is 0.0616 e. The third-order valence-electron chi connectivity index (χ3n) is 4.61. The molecule has 3 unspecified atom stereocenters. The molecule has 1 aliphatic carbocycles. The van der Waals surface area contributed by atoms with Crippen molar-refractivity contribution >= 4 is 0 Å². The molecule has 0 bridgehead atoms. The number of hydrogen-bond acceptors (Lipinski definition) is 2. The van der Waals surface area contributed by atoms with E-state index in [1.165, 1.54) is 44.9 Å². The van der Waals surface area contributed by atoms with Gasteiger partial charge in [0.1, 0.15) is 0 Å². The summed E-state index contributed by atoms with van der Waals surface area (Å²) in [4.78, 5) is 0. The SMILES string of the molecule is CCC1OCCC1C(CC1CCCC1)NC. The topological polar surface area (TPSA) is 21.3 Å². The van der Waals surface area contributed by atoms with Gasteiger partial charge in [0.25, 0.3) is 0 Å². The Morgan fingerprint density at radius 3 is 2.62 bits per heavy atom. The lowest BCUT2D eigenvalue weighted by molar-refractivity contribution is 0.0753. The van der Waals surface area contributed by atoms with E-state index in [0.717, 1.165) is 18.4 Å². The first-order valence-corrected chi connectivity index (χ1v) is 7.14. The van der Waals surface area contributed by atoms with Crippen molar-refractivity contribution in [2.75, 3.05) is 13.7 Å². The van der Waals surface area contributed by atoms with E-state index < -0.39 is 0 Å². The van der Waals surface area contributed by atoms with Crippen LogP contribution in [0.3, 0.4) is 0 Å². The van der Waals surface area contributed by atoms with Gasteiger partial charge in [-0.3, -0.25) is 0 Å². The van der Waals surface area contributed by atoms with Crippen LogP contribution in [0.15, 0.2) is 0 Å². The molecule has 0 aromatic heterocycles. The maximum absolute atomic E-state index is 5.82. The van der Waals surface area contributed by atoms with Gasteiger partial charge in [-0.15, -0.1) is 0 Å². The van der Waals surface area contributed by atoms with Gasteiger partial charge in [-0.2, -0.15) is 0 Å². The first-order valence-electron chi connectivity index (χ1n) is 7.14. The third-order valence-corrected chi connectivity index (χ3v) is 4.61. The van der Waals surface area contributed by atoms with Crippen LogP contribution in [0.2, 0.25) is 0 Å². The molecule has 2 fully saturated rings. The summed E-state index contributed by atoms with van der Waals surface area (Å²) in [6.45, 7) is 3.23. The van der Waals surface area contributed by atoms with E-state index in [1.807, 2.05) is 0 Å². The first-order chi connectivity index (χ1) is 7.85. The molecule has 0 aromatic rings. The molecule has 1 N–H and O–H groups in total. The third kappa shape index (κ3) is 2.78. The Kier molecular flexibility index (Phi) is 4.66. The van der Waals surface area contributed by atoms with Gasteiger partial charge in [-0.1, -0.05) is 32.6 Å². The summed E-state index contributed by atoms with van der Waals surface area (Å²) in [7, 11) is 2.13. The lowest BCUT2D eigenvalue weighted by Crippen LogP contribution is -2.39. The van der Waals surface area contributed by atoms with Crippen LogP contribution in [0.5, 0.6) is 0 Å². The van der Waals surface area contributed by atoms with Crippen molar-refractivity contribution in [3.8, 4) is 0 Å². The van der Waals surface area contributed by atoms with Crippen LogP contribution in [0.1, 0.15) is 51.9 Å². The second kappa shape index (κ2) is 6.02. The smallest absolute Gasteiger partial charge is 0.0616 e. The lowest BCUT2D eigenvalue weighted by atomic mass is 9.85. The van der Waals surface area contributed by atoms with E-state index in [1.54, 1.807) is 0 Å². The number of hydrogen-bond donors (Lipinski definition) is 1. The zero-order chi connectivity index (χ0) is 11.4. The predicted molar refractivity (Wildman–Crippen MR) is 67.6 cm³/mol. The van der Waals surface area contributed by atoms with Gasteiger partial charge in [0.15, 0.2) is 0 Å². The Morgan fingerprint density at radius 1 is 1.25 bits per heavy atom. The molecule has 1 saturated heterocycles. The highest BCUT2D eigenvalue weighted by Crippen LogP contribution is 2.34. The standard InChI is InChI=1S/C14H27NO/c1-3-14-12(8-9-16-14)13(15-2)10-11-6-4-5-7-11/h11-15H,3-10H2,1-2H3. The largest absolute Gasteiger partial charge is 0.378 e. The summed E-state index contributed by atoms with van der Waals surface area (Å²) < 4.78 is 5.82. The fourth-order valence-electron chi connectivity index (χ4n) is 3.66. The van der Waals surface area contributed by atoms with Gasteiger partial charge in [-0.05, 0) is 32.2 Å². The summed E-state index contributed by atoms with van der Waals surface area (Å²) in [5, 5.41) is 3.56. The Morgan fingerprint density at radius 2 is 2.00 bits per heavy atom. The summed E-state index contributed by atoms with van der Waals surface area (Å²) in [5.74, 6) is 1.74. The molecular weight excluding hydrogens is 198 g/mol. The Hall–Kier alpha value is -0.0800. The van der Waals surface area contributed by atoms with Crippen molar-refractivity contribution in [2.45, 2.75) is 64.0 Å². The highest BCUT2D eigenvalue weighted by molar-refractivity contribution is 4.87. The molecule has 1 saturated carbocycles. The number of nitrogens with one attached hydrogen (secondary N) is 1. The van der Waals surface area contributed by atoms with Crippen molar-refractivity contribution < 1.29 is 4.74 Å². The molecule has 16 heavy (non-hydrogen) atoms. The first kappa shape index (κ1) is 12.4. The fraction of sp³-hybridized carbons (Fsp3) is 1.00. The Balaban J connectivity index is 1.87. The normalized spacial score (nSPS) is 33.4. The van der Waals surface area contributed by atoms with Gasteiger partial charge in [0.2, 0.25) is 0 Å². The molecule has 1 aliphatic heterocycles. The van der Waals surface area contributed by atoms with Crippen LogP contribution in [-0.4, -0.2) is 25.8 Å². The van der Waals surface area contributed by atoms with E-state index in [9.17, 15) is 0 Å². The van der Waals surface area contributed by atoms with Crippen molar-refractivity contribution in [3.05, 3.63) is 0 Å². The van der Waals surface area contributed by atoms with E-state index in [-0.39, 0.29) is 0 Å². The molecule has 0 spiro atoms. The second-order valence-corrected chi connectivity index (χ2v) is 5.55. The number of rotatable bonds is 5. The average Bonchev–Trinajstić information content (AvgIpc) is 2.96. The number of ether oxygens (including phenoxy) is 1. The summed E-state index contributed by atoms with van der Waals surface area (Å²) in [5.41, 5.74) is 0. The molecule has 2 heteroatoms. The van der Waals surface area contributed by atoms with E-state index in [2.05, 4.69) is 19.3 Å². The van der Waals surface area contributed by atoms with Crippen molar-refractivity contribution in [3.63, 3.8) is 0 Å². The Labute approximate surface area is 100 Å². The summed E-state index contributed by atoms with van der Waals surface area (Å²) in [6, 6.07) is 0.690. The monoisotopic (exact) mass is 225 g/mol. The Bertz CT molecular complexity index is 201. The lowest BCUT2D eigenvalue weighted by Gasteiger charge is -2.29. The van der Waals surface area contributed by atoms with Crippen LogP contribution in [0.25, 0.3) is 0 Å². The molecule has 2 aliphatic rings. The highest BCUT2D eigenvalue weighted by atomic mass is 16.5. The van der Waals surface area contributed by atoms with Gasteiger partial charge in [0, 0.05) is 18.6 Å². The molecule has 94 valence electrons. The van der Waals surface area contributed by atoms with Gasteiger partial charge >= 0.3 is 0 Å². The minimum atomic E-state index is 0.513. The van der Waals surface area contributed by atoms with Crippen molar-refractivity contribution in [1.82, 2.24) is 5.32 Å². The van der Waals surface area contributed by atoms with Crippen molar-refractivity contribution in [2.24, 2.45) is 11.8 Å².